The zero-order chi connectivity index (χ0) is 18.5. The van der Waals surface area contributed by atoms with E-state index in [1.54, 1.807) is 14.2 Å². The number of carbonyl (C=O) groups is 1. The van der Waals surface area contributed by atoms with E-state index in [2.05, 4.69) is 10.2 Å². The fourth-order valence-electron chi connectivity index (χ4n) is 4.20. The highest BCUT2D eigenvalue weighted by Gasteiger charge is 2.33. The van der Waals surface area contributed by atoms with Gasteiger partial charge in [0.25, 0.3) is 0 Å². The van der Waals surface area contributed by atoms with E-state index in [4.69, 9.17) is 9.47 Å². The molecule has 2 fully saturated rings. The second kappa shape index (κ2) is 8.73. The Labute approximate surface area is 156 Å². The molecule has 0 spiro atoms. The highest BCUT2D eigenvalue weighted by Crippen LogP contribution is 2.38. The molecule has 3 rings (SSSR count). The van der Waals surface area contributed by atoms with Gasteiger partial charge in [-0.1, -0.05) is 0 Å². The van der Waals surface area contributed by atoms with Crippen LogP contribution in [0.1, 0.15) is 37.3 Å². The number of rotatable bonds is 6. The van der Waals surface area contributed by atoms with Crippen molar-refractivity contribution in [2.75, 3.05) is 47.4 Å². The number of nitrogens with zero attached hydrogens (tertiary/aromatic N) is 2. The molecule has 1 aromatic carbocycles. The summed E-state index contributed by atoms with van der Waals surface area (Å²) < 4.78 is 10.9. The van der Waals surface area contributed by atoms with Crippen molar-refractivity contribution in [3.8, 4) is 11.5 Å². The maximum absolute atomic E-state index is 13.0. The van der Waals surface area contributed by atoms with Gasteiger partial charge < -0.3 is 19.7 Å². The average Bonchev–Trinajstić information content (AvgIpc) is 3.17. The molecule has 26 heavy (non-hydrogen) atoms. The molecule has 2 saturated heterocycles. The first-order valence-electron chi connectivity index (χ1n) is 9.57. The largest absolute Gasteiger partial charge is 0.497 e. The SMILES string of the molecule is CNC1CCCN(CC(=O)N2CCCC2c2ccc(OC)cc2OC)C1. The topological polar surface area (TPSA) is 54.0 Å². The number of likely N-dealkylation sites (N-methyl/N-ethyl adjacent to an activating group) is 1. The highest BCUT2D eigenvalue weighted by molar-refractivity contribution is 5.79. The summed E-state index contributed by atoms with van der Waals surface area (Å²) in [5.41, 5.74) is 1.07. The number of carbonyl (C=O) groups excluding carboxylic acids is 1. The van der Waals surface area contributed by atoms with Gasteiger partial charge in [0, 0.05) is 30.8 Å². The van der Waals surface area contributed by atoms with Crippen molar-refractivity contribution in [1.29, 1.82) is 0 Å². The van der Waals surface area contributed by atoms with Crippen LogP contribution in [0.15, 0.2) is 18.2 Å². The van der Waals surface area contributed by atoms with Crippen LogP contribution in [-0.2, 0) is 4.79 Å². The average molecular weight is 361 g/mol. The van der Waals surface area contributed by atoms with E-state index in [9.17, 15) is 4.79 Å². The fourth-order valence-corrected chi connectivity index (χ4v) is 4.20. The summed E-state index contributed by atoms with van der Waals surface area (Å²) in [5.74, 6) is 1.79. The van der Waals surface area contributed by atoms with Gasteiger partial charge in [-0.05, 0) is 51.4 Å². The molecule has 1 aromatic rings. The van der Waals surface area contributed by atoms with E-state index >= 15 is 0 Å². The Hall–Kier alpha value is -1.79. The van der Waals surface area contributed by atoms with Crippen molar-refractivity contribution in [3.63, 3.8) is 0 Å². The number of ether oxygens (including phenoxy) is 2. The van der Waals surface area contributed by atoms with Crippen LogP contribution < -0.4 is 14.8 Å². The van der Waals surface area contributed by atoms with Crippen LogP contribution in [0.4, 0.5) is 0 Å². The molecule has 0 radical (unpaired) electrons. The normalized spacial score (nSPS) is 23.9. The smallest absolute Gasteiger partial charge is 0.237 e. The minimum Gasteiger partial charge on any atom is -0.497 e. The van der Waals surface area contributed by atoms with Gasteiger partial charge in [0.1, 0.15) is 11.5 Å². The van der Waals surface area contributed by atoms with Gasteiger partial charge in [-0.2, -0.15) is 0 Å². The number of benzene rings is 1. The number of amides is 1. The van der Waals surface area contributed by atoms with E-state index in [0.29, 0.717) is 12.6 Å². The Morgan fingerprint density at radius 1 is 1.19 bits per heavy atom. The summed E-state index contributed by atoms with van der Waals surface area (Å²) >= 11 is 0. The van der Waals surface area contributed by atoms with Gasteiger partial charge in [-0.3, -0.25) is 9.69 Å². The van der Waals surface area contributed by atoms with Crippen molar-refractivity contribution < 1.29 is 14.3 Å². The molecular weight excluding hydrogens is 330 g/mol. The molecule has 1 N–H and O–H groups in total. The lowest BCUT2D eigenvalue weighted by Gasteiger charge is -2.34. The molecule has 1 amide bonds. The Bertz CT molecular complexity index is 622. The molecule has 2 aliphatic heterocycles. The quantitative estimate of drug-likeness (QED) is 0.840. The first-order chi connectivity index (χ1) is 12.7. The van der Waals surface area contributed by atoms with Crippen LogP contribution in [0.5, 0.6) is 11.5 Å². The predicted molar refractivity (Wildman–Crippen MR) is 102 cm³/mol. The molecule has 2 heterocycles. The van der Waals surface area contributed by atoms with E-state index in [1.165, 1.54) is 6.42 Å². The third-order valence-corrected chi connectivity index (χ3v) is 5.65. The Morgan fingerprint density at radius 2 is 2.00 bits per heavy atom. The molecule has 0 bridgehead atoms. The number of hydrogen-bond donors (Lipinski definition) is 1. The molecule has 2 aliphatic rings. The van der Waals surface area contributed by atoms with Crippen molar-refractivity contribution in [1.82, 2.24) is 15.1 Å². The minimum absolute atomic E-state index is 0.0910. The monoisotopic (exact) mass is 361 g/mol. The van der Waals surface area contributed by atoms with Crippen LogP contribution >= 0.6 is 0 Å². The molecule has 6 nitrogen and oxygen atoms in total. The fraction of sp³-hybridized carbons (Fsp3) is 0.650. The zero-order valence-corrected chi connectivity index (χ0v) is 16.2. The Balaban J connectivity index is 1.70. The molecule has 144 valence electrons. The third kappa shape index (κ3) is 4.13. The number of likely N-dealkylation sites (tertiary alicyclic amines) is 2. The maximum atomic E-state index is 13.0. The molecular formula is C20H31N3O3. The summed E-state index contributed by atoms with van der Waals surface area (Å²) in [7, 11) is 5.32. The van der Waals surface area contributed by atoms with Crippen LogP contribution in [-0.4, -0.2) is 69.2 Å². The van der Waals surface area contributed by atoms with E-state index < -0.39 is 0 Å². The standard InChI is InChI=1S/C20H31N3O3/c1-21-15-6-4-10-22(13-15)14-20(24)23-11-5-7-18(23)17-9-8-16(25-2)12-19(17)26-3/h8-9,12,15,18,21H,4-7,10-11,13-14H2,1-3H3. The summed E-state index contributed by atoms with van der Waals surface area (Å²) in [5, 5.41) is 3.34. The molecule has 0 aromatic heterocycles. The molecule has 2 unspecified atom stereocenters. The van der Waals surface area contributed by atoms with E-state index in [0.717, 1.165) is 56.0 Å². The lowest BCUT2D eigenvalue weighted by Crippen LogP contribution is -2.48. The maximum Gasteiger partial charge on any atom is 0.237 e. The minimum atomic E-state index is 0.0910. The second-order valence-electron chi connectivity index (χ2n) is 7.22. The number of methoxy groups -OCH3 is 2. The van der Waals surface area contributed by atoms with Gasteiger partial charge in [0.15, 0.2) is 0 Å². The van der Waals surface area contributed by atoms with Gasteiger partial charge in [-0.25, -0.2) is 0 Å². The van der Waals surface area contributed by atoms with Crippen molar-refractivity contribution in [2.45, 2.75) is 37.8 Å². The lowest BCUT2D eigenvalue weighted by molar-refractivity contribution is -0.133. The molecule has 0 saturated carbocycles. The summed E-state index contributed by atoms with van der Waals surface area (Å²) in [4.78, 5) is 17.3. The first kappa shape index (κ1) is 19.0. The van der Waals surface area contributed by atoms with Crippen LogP contribution in [0, 0.1) is 0 Å². The number of nitrogens with one attached hydrogen (secondary N) is 1. The zero-order valence-electron chi connectivity index (χ0n) is 16.2. The first-order valence-corrected chi connectivity index (χ1v) is 9.57. The summed E-state index contributed by atoms with van der Waals surface area (Å²) in [6.45, 7) is 3.29. The molecule has 0 aliphatic carbocycles. The lowest BCUT2D eigenvalue weighted by atomic mass is 10.0. The van der Waals surface area contributed by atoms with Gasteiger partial charge in [-0.15, -0.1) is 0 Å². The summed E-state index contributed by atoms with van der Waals surface area (Å²) in [6.07, 6.45) is 4.35. The van der Waals surface area contributed by atoms with E-state index in [1.807, 2.05) is 30.1 Å². The Morgan fingerprint density at radius 3 is 2.73 bits per heavy atom. The van der Waals surface area contributed by atoms with Crippen molar-refractivity contribution in [3.05, 3.63) is 23.8 Å². The Kier molecular flexibility index (Phi) is 6.38. The van der Waals surface area contributed by atoms with Crippen molar-refractivity contribution >= 4 is 5.91 Å². The van der Waals surface area contributed by atoms with Crippen LogP contribution in [0.3, 0.4) is 0 Å². The highest BCUT2D eigenvalue weighted by atomic mass is 16.5. The van der Waals surface area contributed by atoms with Crippen LogP contribution in [0.2, 0.25) is 0 Å². The predicted octanol–water partition coefficient (Wildman–Crippen LogP) is 2.05. The summed E-state index contributed by atoms with van der Waals surface area (Å²) in [6, 6.07) is 6.46. The van der Waals surface area contributed by atoms with Crippen molar-refractivity contribution in [2.24, 2.45) is 0 Å². The molecule has 2 atom stereocenters. The van der Waals surface area contributed by atoms with Gasteiger partial charge >= 0.3 is 0 Å². The number of hydrogen-bond acceptors (Lipinski definition) is 5. The van der Waals surface area contributed by atoms with E-state index in [-0.39, 0.29) is 11.9 Å². The third-order valence-electron chi connectivity index (χ3n) is 5.65. The number of piperidine rings is 1. The van der Waals surface area contributed by atoms with Crippen LogP contribution in [0.25, 0.3) is 0 Å². The van der Waals surface area contributed by atoms with Gasteiger partial charge in [0.05, 0.1) is 26.8 Å². The molecule has 6 heteroatoms. The van der Waals surface area contributed by atoms with Gasteiger partial charge in [0.2, 0.25) is 5.91 Å². The second-order valence-corrected chi connectivity index (χ2v) is 7.22.